The van der Waals surface area contributed by atoms with Gasteiger partial charge in [-0.25, -0.2) is 9.99 Å². The molecule has 0 fully saturated rings. The fraction of sp³-hybridized carbons (Fsp3) is 0.250. The topological polar surface area (TPSA) is 95.2 Å². The third kappa shape index (κ3) is 5.87. The average Bonchev–Trinajstić information content (AvgIpc) is 3.72. The Morgan fingerprint density at radius 2 is 1.51 bits per heavy atom. The Kier molecular flexibility index (Phi) is 8.44. The smallest absolute Gasteiger partial charge is 0.272 e. The van der Waals surface area contributed by atoms with Crippen molar-refractivity contribution >= 4 is 35.1 Å². The van der Waals surface area contributed by atoms with E-state index < -0.39 is 0 Å². The van der Waals surface area contributed by atoms with E-state index >= 15 is 0 Å². The number of fused-ring (bicyclic) bond motifs is 1. The van der Waals surface area contributed by atoms with Gasteiger partial charge in [0.15, 0.2) is 5.16 Å². The van der Waals surface area contributed by atoms with Crippen LogP contribution in [0.4, 0.5) is 0 Å². The largest absolute Gasteiger partial charge is 0.497 e. The highest BCUT2D eigenvalue weighted by Crippen LogP contribution is 2.35. The summed E-state index contributed by atoms with van der Waals surface area (Å²) < 4.78 is 17.5. The van der Waals surface area contributed by atoms with Crippen LogP contribution in [0.5, 0.6) is 17.2 Å². The third-order valence-electron chi connectivity index (χ3n) is 7.41. The number of hydrogen-bond acceptors (Lipinski definition) is 9. The van der Waals surface area contributed by atoms with Crippen molar-refractivity contribution in [2.45, 2.75) is 28.9 Å². The number of carbonyl (C=O) groups excluding carboxylic acids is 1. The van der Waals surface area contributed by atoms with Gasteiger partial charge in [-0.1, -0.05) is 23.9 Å². The van der Waals surface area contributed by atoms with Gasteiger partial charge in [0.1, 0.15) is 17.2 Å². The van der Waals surface area contributed by atoms with Crippen molar-refractivity contribution in [3.63, 3.8) is 0 Å². The Balaban J connectivity index is 1.31. The average molecular weight is 615 g/mol. The van der Waals surface area contributed by atoms with Crippen LogP contribution in [0.25, 0.3) is 5.69 Å². The quantitative estimate of drug-likeness (QED) is 0.183. The highest BCUT2D eigenvalue weighted by atomic mass is 32.2. The molecule has 11 heteroatoms. The van der Waals surface area contributed by atoms with Gasteiger partial charge in [-0.2, -0.15) is 5.10 Å². The maximum absolute atomic E-state index is 13.9. The first-order chi connectivity index (χ1) is 21.0. The van der Waals surface area contributed by atoms with Crippen LogP contribution in [0.2, 0.25) is 0 Å². The molecule has 0 bridgehead atoms. The summed E-state index contributed by atoms with van der Waals surface area (Å²) in [6.07, 6.45) is 1.28. The first kappa shape index (κ1) is 28.9. The number of benzene rings is 3. The van der Waals surface area contributed by atoms with Crippen LogP contribution in [0.3, 0.4) is 0 Å². The van der Waals surface area contributed by atoms with Crippen molar-refractivity contribution in [2.75, 3.05) is 32.8 Å². The van der Waals surface area contributed by atoms with Gasteiger partial charge in [0, 0.05) is 18.6 Å². The lowest BCUT2D eigenvalue weighted by atomic mass is 9.98. The number of methoxy groups -OCH3 is 3. The van der Waals surface area contributed by atoms with Crippen LogP contribution in [0.1, 0.15) is 29.3 Å². The second-order valence-electron chi connectivity index (χ2n) is 9.90. The second kappa shape index (κ2) is 12.6. The minimum Gasteiger partial charge on any atom is -0.497 e. The number of rotatable bonds is 9. The number of thioether (sulfide) groups is 2. The van der Waals surface area contributed by atoms with Gasteiger partial charge >= 0.3 is 0 Å². The number of hydrogen-bond donors (Lipinski definition) is 0. The lowest BCUT2D eigenvalue weighted by molar-refractivity contribution is -0.130. The molecule has 1 atom stereocenters. The van der Waals surface area contributed by atoms with Crippen LogP contribution >= 0.6 is 23.5 Å². The minimum absolute atomic E-state index is 0.0561. The lowest BCUT2D eigenvalue weighted by Crippen LogP contribution is -2.29. The Labute approximate surface area is 257 Å². The molecule has 3 heterocycles. The van der Waals surface area contributed by atoms with Gasteiger partial charge < -0.3 is 14.2 Å². The van der Waals surface area contributed by atoms with Crippen LogP contribution < -0.4 is 19.8 Å². The van der Waals surface area contributed by atoms with Crippen LogP contribution in [-0.2, 0) is 11.2 Å². The van der Waals surface area contributed by atoms with Crippen molar-refractivity contribution in [3.8, 4) is 22.9 Å². The predicted octanol–water partition coefficient (Wildman–Crippen LogP) is 5.38. The third-order valence-corrected chi connectivity index (χ3v) is 9.44. The zero-order chi connectivity index (χ0) is 29.9. The maximum Gasteiger partial charge on any atom is 0.272 e. The first-order valence-corrected chi connectivity index (χ1v) is 15.7. The number of ether oxygens (including phenoxy) is 3. The van der Waals surface area contributed by atoms with E-state index in [0.29, 0.717) is 27.9 Å². The fourth-order valence-electron chi connectivity index (χ4n) is 5.12. The Morgan fingerprint density at radius 3 is 2.14 bits per heavy atom. The zero-order valence-electron chi connectivity index (χ0n) is 24.0. The Hall–Kier alpha value is -4.22. The summed E-state index contributed by atoms with van der Waals surface area (Å²) >= 11 is 2.77. The van der Waals surface area contributed by atoms with Crippen LogP contribution in [-0.4, -0.2) is 59.0 Å². The molecule has 0 N–H and O–H groups in total. The molecule has 2 aliphatic heterocycles. The van der Waals surface area contributed by atoms with Crippen molar-refractivity contribution in [2.24, 2.45) is 5.10 Å². The van der Waals surface area contributed by atoms with Crippen molar-refractivity contribution < 1.29 is 19.0 Å². The van der Waals surface area contributed by atoms with Crippen LogP contribution in [0, 0.1) is 0 Å². The lowest BCUT2D eigenvalue weighted by Gasteiger charge is -2.22. The minimum atomic E-state index is -0.288. The van der Waals surface area contributed by atoms with Crippen molar-refractivity contribution in [3.05, 3.63) is 100.0 Å². The first-order valence-electron chi connectivity index (χ1n) is 13.7. The molecule has 1 amide bonds. The molecular weight excluding hydrogens is 585 g/mol. The standard InChI is InChI=1S/C32H30N4O5S2/c1-39-23-10-4-20(5-11-23)27-18-28(21-6-12-24(40-2)13-7-21)36(34-27)29(37)19-43-32-33-26-16-17-42-30(26)31(38)35(32)22-8-14-25(41-3)15-9-22/h4-15,28H,16-19H2,1-3H3. The summed E-state index contributed by atoms with van der Waals surface area (Å²) in [5.74, 6) is 2.87. The summed E-state index contributed by atoms with van der Waals surface area (Å²) in [4.78, 5) is 33.0. The number of carbonyl (C=O) groups is 1. The monoisotopic (exact) mass is 614 g/mol. The molecular formula is C32H30N4O5S2. The van der Waals surface area contributed by atoms with E-state index in [2.05, 4.69) is 0 Å². The van der Waals surface area contributed by atoms with E-state index in [-0.39, 0.29) is 23.3 Å². The molecule has 0 radical (unpaired) electrons. The highest BCUT2D eigenvalue weighted by molar-refractivity contribution is 8.00. The molecule has 220 valence electrons. The molecule has 6 rings (SSSR count). The van der Waals surface area contributed by atoms with E-state index in [1.54, 1.807) is 43.0 Å². The van der Waals surface area contributed by atoms with Gasteiger partial charge in [-0.3, -0.25) is 14.2 Å². The highest BCUT2D eigenvalue weighted by Gasteiger charge is 2.33. The summed E-state index contributed by atoms with van der Waals surface area (Å²) in [6.45, 7) is 0. The predicted molar refractivity (Wildman–Crippen MR) is 168 cm³/mol. The van der Waals surface area contributed by atoms with Crippen molar-refractivity contribution in [1.82, 2.24) is 14.6 Å². The van der Waals surface area contributed by atoms with E-state index in [0.717, 1.165) is 46.2 Å². The van der Waals surface area contributed by atoms with E-state index in [9.17, 15) is 9.59 Å². The molecule has 3 aromatic carbocycles. The SMILES string of the molecule is COc1ccc(C2=NN(C(=O)CSc3nc4c(c(=O)n3-c3ccc(OC)cc3)SCC4)C(c3ccc(OC)cc3)C2)cc1. The number of aromatic nitrogens is 2. The molecule has 9 nitrogen and oxygen atoms in total. The molecule has 2 aliphatic rings. The molecule has 0 spiro atoms. The summed E-state index contributed by atoms with van der Waals surface area (Å²) in [5.41, 5.74) is 4.02. The molecule has 4 aromatic rings. The molecule has 0 aliphatic carbocycles. The van der Waals surface area contributed by atoms with Gasteiger partial charge in [0.2, 0.25) is 0 Å². The number of hydrazone groups is 1. The van der Waals surface area contributed by atoms with Crippen molar-refractivity contribution in [1.29, 1.82) is 0 Å². The molecule has 1 unspecified atom stereocenters. The summed E-state index contributed by atoms with van der Waals surface area (Å²) in [7, 11) is 4.85. The Morgan fingerprint density at radius 1 is 0.907 bits per heavy atom. The molecule has 43 heavy (non-hydrogen) atoms. The molecule has 0 saturated heterocycles. The van der Waals surface area contributed by atoms with Gasteiger partial charge in [-0.15, -0.1) is 11.8 Å². The summed E-state index contributed by atoms with van der Waals surface area (Å²) in [6, 6.07) is 22.3. The summed E-state index contributed by atoms with van der Waals surface area (Å²) in [5, 5.41) is 6.85. The van der Waals surface area contributed by atoms with Crippen LogP contribution in [0.15, 0.2) is 92.7 Å². The molecule has 0 saturated carbocycles. The van der Waals surface area contributed by atoms with E-state index in [1.165, 1.54) is 23.5 Å². The number of amides is 1. The van der Waals surface area contributed by atoms with Gasteiger partial charge in [-0.05, 0) is 71.8 Å². The Bertz CT molecular complexity index is 1720. The number of nitrogens with zero attached hydrogens (tertiary/aromatic N) is 4. The fourth-order valence-corrected chi connectivity index (χ4v) is 7.03. The normalized spacial score (nSPS) is 15.7. The number of aryl methyl sites for hydroxylation is 1. The molecule has 1 aromatic heterocycles. The maximum atomic E-state index is 13.9. The van der Waals surface area contributed by atoms with Gasteiger partial charge in [0.05, 0.1) is 55.1 Å². The van der Waals surface area contributed by atoms with Gasteiger partial charge in [0.25, 0.3) is 11.5 Å². The van der Waals surface area contributed by atoms with E-state index in [1.807, 2.05) is 60.7 Å². The second-order valence-corrected chi connectivity index (χ2v) is 12.0. The van der Waals surface area contributed by atoms with E-state index in [4.69, 9.17) is 24.3 Å². The zero-order valence-corrected chi connectivity index (χ0v) is 25.6.